The van der Waals surface area contributed by atoms with Crippen LogP contribution in [0.5, 0.6) is 5.75 Å². The number of carbonyl (C=O) groups is 1. The molecule has 23 heavy (non-hydrogen) atoms. The second kappa shape index (κ2) is 6.60. The van der Waals surface area contributed by atoms with Crippen LogP contribution in [0.3, 0.4) is 0 Å². The SMILES string of the molecule is Cc1ccccc1N=C1NC(=O)/C(=C/c2cc(Br)ccc2O)S1. The molecule has 0 saturated carbocycles. The van der Waals surface area contributed by atoms with E-state index in [1.807, 2.05) is 31.2 Å². The topological polar surface area (TPSA) is 61.7 Å². The van der Waals surface area contributed by atoms with Crippen molar-refractivity contribution in [1.82, 2.24) is 5.32 Å². The summed E-state index contributed by atoms with van der Waals surface area (Å²) < 4.78 is 0.833. The molecular weight excluding hydrogens is 376 g/mol. The second-order valence-corrected chi connectivity index (χ2v) is 6.92. The highest BCUT2D eigenvalue weighted by molar-refractivity contribution is 9.10. The third-order valence-electron chi connectivity index (χ3n) is 3.26. The number of phenols is 1. The number of aromatic hydroxyl groups is 1. The molecule has 3 rings (SSSR count). The van der Waals surface area contributed by atoms with Gasteiger partial charge in [0, 0.05) is 10.0 Å². The third-order valence-corrected chi connectivity index (χ3v) is 4.67. The largest absolute Gasteiger partial charge is 0.507 e. The zero-order chi connectivity index (χ0) is 16.4. The number of aryl methyl sites for hydroxylation is 1. The van der Waals surface area contributed by atoms with Gasteiger partial charge in [-0.15, -0.1) is 0 Å². The number of hydrogen-bond acceptors (Lipinski definition) is 4. The van der Waals surface area contributed by atoms with Crippen LogP contribution in [0.15, 0.2) is 56.8 Å². The molecule has 1 fully saturated rings. The fraction of sp³-hybridized carbons (Fsp3) is 0.0588. The predicted molar refractivity (Wildman–Crippen MR) is 97.8 cm³/mol. The lowest BCUT2D eigenvalue weighted by Crippen LogP contribution is -2.19. The van der Waals surface area contributed by atoms with Crippen LogP contribution in [0.1, 0.15) is 11.1 Å². The molecule has 0 radical (unpaired) electrons. The van der Waals surface area contributed by atoms with Crippen LogP contribution in [0.4, 0.5) is 5.69 Å². The van der Waals surface area contributed by atoms with Crippen molar-refractivity contribution >= 4 is 50.5 Å². The average molecular weight is 389 g/mol. The molecule has 0 unspecified atom stereocenters. The molecule has 0 aliphatic carbocycles. The van der Waals surface area contributed by atoms with E-state index in [1.165, 1.54) is 11.8 Å². The van der Waals surface area contributed by atoms with Crippen molar-refractivity contribution in [2.24, 2.45) is 4.99 Å². The maximum absolute atomic E-state index is 12.1. The Morgan fingerprint density at radius 3 is 2.83 bits per heavy atom. The monoisotopic (exact) mass is 388 g/mol. The number of halogens is 1. The highest BCUT2D eigenvalue weighted by Gasteiger charge is 2.24. The number of thioether (sulfide) groups is 1. The second-order valence-electron chi connectivity index (χ2n) is 4.97. The minimum Gasteiger partial charge on any atom is -0.507 e. The van der Waals surface area contributed by atoms with Gasteiger partial charge in [0.25, 0.3) is 5.91 Å². The lowest BCUT2D eigenvalue weighted by Gasteiger charge is -2.00. The van der Waals surface area contributed by atoms with Gasteiger partial charge in [0.1, 0.15) is 5.75 Å². The van der Waals surface area contributed by atoms with E-state index in [1.54, 1.807) is 24.3 Å². The van der Waals surface area contributed by atoms with Crippen molar-refractivity contribution in [3.63, 3.8) is 0 Å². The summed E-state index contributed by atoms with van der Waals surface area (Å²) in [4.78, 5) is 17.1. The number of para-hydroxylation sites is 1. The van der Waals surface area contributed by atoms with Crippen molar-refractivity contribution in [2.75, 3.05) is 0 Å². The van der Waals surface area contributed by atoms with Crippen LogP contribution >= 0.6 is 27.7 Å². The fourth-order valence-electron chi connectivity index (χ4n) is 2.06. The molecule has 0 bridgehead atoms. The van der Waals surface area contributed by atoms with Crippen LogP contribution in [-0.2, 0) is 4.79 Å². The first kappa shape index (κ1) is 15.8. The number of nitrogens with one attached hydrogen (secondary N) is 1. The summed E-state index contributed by atoms with van der Waals surface area (Å²) in [5.41, 5.74) is 2.44. The van der Waals surface area contributed by atoms with E-state index in [9.17, 15) is 9.90 Å². The first-order chi connectivity index (χ1) is 11.0. The van der Waals surface area contributed by atoms with Crippen molar-refractivity contribution in [1.29, 1.82) is 0 Å². The van der Waals surface area contributed by atoms with Gasteiger partial charge in [-0.05, 0) is 54.6 Å². The molecule has 0 atom stereocenters. The Kier molecular flexibility index (Phi) is 4.54. The summed E-state index contributed by atoms with van der Waals surface area (Å²) in [5.74, 6) is -0.0971. The van der Waals surface area contributed by atoms with Crippen molar-refractivity contribution in [2.45, 2.75) is 6.92 Å². The van der Waals surface area contributed by atoms with Crippen LogP contribution in [0.2, 0.25) is 0 Å². The number of hydrogen-bond donors (Lipinski definition) is 2. The van der Waals surface area contributed by atoms with Crippen molar-refractivity contribution in [3.8, 4) is 5.75 Å². The first-order valence-corrected chi connectivity index (χ1v) is 8.47. The molecule has 0 spiro atoms. The highest BCUT2D eigenvalue weighted by Crippen LogP contribution is 2.31. The van der Waals surface area contributed by atoms with Gasteiger partial charge in [-0.25, -0.2) is 4.99 Å². The number of carbonyl (C=O) groups excluding carboxylic acids is 1. The van der Waals surface area contributed by atoms with Crippen LogP contribution in [-0.4, -0.2) is 16.2 Å². The lowest BCUT2D eigenvalue weighted by molar-refractivity contribution is -0.115. The maximum Gasteiger partial charge on any atom is 0.264 e. The number of amides is 1. The Morgan fingerprint density at radius 2 is 2.04 bits per heavy atom. The fourth-order valence-corrected chi connectivity index (χ4v) is 3.27. The maximum atomic E-state index is 12.1. The van der Waals surface area contributed by atoms with E-state index in [4.69, 9.17) is 0 Å². The lowest BCUT2D eigenvalue weighted by atomic mass is 10.2. The zero-order valence-electron chi connectivity index (χ0n) is 12.2. The van der Waals surface area contributed by atoms with Crippen LogP contribution in [0, 0.1) is 6.92 Å². The van der Waals surface area contributed by atoms with Gasteiger partial charge in [-0.3, -0.25) is 4.79 Å². The Balaban J connectivity index is 1.90. The highest BCUT2D eigenvalue weighted by atomic mass is 79.9. The molecule has 2 aromatic rings. The number of amidine groups is 1. The van der Waals surface area contributed by atoms with E-state index >= 15 is 0 Å². The predicted octanol–water partition coefficient (Wildman–Crippen LogP) is 4.35. The minimum atomic E-state index is -0.221. The molecule has 2 aromatic carbocycles. The molecule has 1 heterocycles. The smallest absolute Gasteiger partial charge is 0.264 e. The average Bonchev–Trinajstić information content (AvgIpc) is 2.85. The van der Waals surface area contributed by atoms with Gasteiger partial charge >= 0.3 is 0 Å². The van der Waals surface area contributed by atoms with E-state index in [0.717, 1.165) is 15.7 Å². The molecule has 0 aromatic heterocycles. The van der Waals surface area contributed by atoms with Gasteiger partial charge < -0.3 is 10.4 Å². The molecule has 6 heteroatoms. The third kappa shape index (κ3) is 3.65. The summed E-state index contributed by atoms with van der Waals surface area (Å²) in [7, 11) is 0. The molecule has 4 nitrogen and oxygen atoms in total. The van der Waals surface area contributed by atoms with E-state index < -0.39 is 0 Å². The first-order valence-electron chi connectivity index (χ1n) is 6.86. The van der Waals surface area contributed by atoms with E-state index in [2.05, 4.69) is 26.2 Å². The molecule has 116 valence electrons. The van der Waals surface area contributed by atoms with Crippen LogP contribution in [0.25, 0.3) is 6.08 Å². The molecule has 1 aliphatic heterocycles. The molecular formula is C17H13BrN2O2S. The Labute approximate surface area is 146 Å². The Hall–Kier alpha value is -2.05. The van der Waals surface area contributed by atoms with Gasteiger partial charge in [0.2, 0.25) is 0 Å². The minimum absolute atomic E-state index is 0.124. The molecule has 1 amide bonds. The van der Waals surface area contributed by atoms with Gasteiger partial charge in [-0.1, -0.05) is 34.1 Å². The summed E-state index contributed by atoms with van der Waals surface area (Å²) >= 11 is 4.61. The van der Waals surface area contributed by atoms with Crippen molar-refractivity contribution < 1.29 is 9.90 Å². The standard InChI is InChI=1S/C17H13BrN2O2S/c1-10-4-2-3-5-13(10)19-17-20-16(22)15(23-17)9-11-8-12(18)6-7-14(11)21/h2-9,21H,1H3,(H,19,20,22)/b15-9-. The summed E-state index contributed by atoms with van der Waals surface area (Å²) in [6.07, 6.45) is 1.65. The Morgan fingerprint density at radius 1 is 1.26 bits per heavy atom. The van der Waals surface area contributed by atoms with E-state index in [-0.39, 0.29) is 11.7 Å². The summed E-state index contributed by atoms with van der Waals surface area (Å²) in [6.45, 7) is 1.97. The Bertz CT molecular complexity index is 846. The number of nitrogens with zero attached hydrogens (tertiary/aromatic N) is 1. The number of benzene rings is 2. The molecule has 1 aliphatic rings. The van der Waals surface area contributed by atoms with E-state index in [0.29, 0.717) is 15.6 Å². The zero-order valence-corrected chi connectivity index (χ0v) is 14.6. The molecule has 1 saturated heterocycles. The number of aliphatic imine (C=N–C) groups is 1. The quantitative estimate of drug-likeness (QED) is 0.751. The van der Waals surface area contributed by atoms with Crippen molar-refractivity contribution in [3.05, 3.63) is 63.0 Å². The molecule has 2 N–H and O–H groups in total. The summed E-state index contributed by atoms with van der Waals surface area (Å²) in [5, 5.41) is 13.2. The van der Waals surface area contributed by atoms with Crippen LogP contribution < -0.4 is 5.32 Å². The summed E-state index contributed by atoms with van der Waals surface area (Å²) in [6, 6.07) is 12.8. The normalized spacial score (nSPS) is 17.7. The number of rotatable bonds is 2. The van der Waals surface area contributed by atoms with Gasteiger partial charge in [0.15, 0.2) is 5.17 Å². The number of phenolic OH excluding ortho intramolecular Hbond substituents is 1. The van der Waals surface area contributed by atoms with Gasteiger partial charge in [-0.2, -0.15) is 0 Å². The van der Waals surface area contributed by atoms with Gasteiger partial charge in [0.05, 0.1) is 10.6 Å².